The molecule has 0 radical (unpaired) electrons. The van der Waals surface area contributed by atoms with E-state index in [9.17, 15) is 10.4 Å². The van der Waals surface area contributed by atoms with Crippen LogP contribution < -0.4 is 25.9 Å². The molecule has 0 aromatic heterocycles. The maximum Gasteiger partial charge on any atom is 0.212 e. The first-order valence-electron chi connectivity index (χ1n) is 12.4. The van der Waals surface area contributed by atoms with Crippen molar-refractivity contribution in [1.29, 1.82) is 0 Å². The maximum atomic E-state index is 11.7. The van der Waals surface area contributed by atoms with Gasteiger partial charge in [-0.15, -0.1) is 0 Å². The first-order valence-corrected chi connectivity index (χ1v) is 12.4. The Morgan fingerprint density at radius 2 is 1.68 bits per heavy atom. The first-order chi connectivity index (χ1) is 18.6. The van der Waals surface area contributed by atoms with Crippen molar-refractivity contribution in [1.82, 2.24) is 10.3 Å². The number of hydrogen-bond acceptors (Lipinski definition) is 7. The fourth-order valence-corrected chi connectivity index (χ4v) is 5.00. The molecule has 0 aliphatic carbocycles. The topological polar surface area (TPSA) is 97.0 Å². The number of rotatable bonds is 6. The zero-order chi connectivity index (χ0) is 26.1. The van der Waals surface area contributed by atoms with Crippen LogP contribution in [-0.4, -0.2) is 29.3 Å². The van der Waals surface area contributed by atoms with Crippen LogP contribution >= 0.6 is 0 Å². The van der Waals surface area contributed by atoms with Crippen LogP contribution in [0, 0.1) is 5.21 Å². The molecule has 3 unspecified atom stereocenters. The van der Waals surface area contributed by atoms with Gasteiger partial charge in [-0.25, -0.2) is 15.2 Å². The van der Waals surface area contributed by atoms with E-state index in [2.05, 4.69) is 23.5 Å². The van der Waals surface area contributed by atoms with Gasteiger partial charge in [-0.1, -0.05) is 60.7 Å². The Balaban J connectivity index is 1.45. The van der Waals surface area contributed by atoms with Crippen LogP contribution in [0.25, 0.3) is 5.70 Å². The molecule has 0 saturated carbocycles. The van der Waals surface area contributed by atoms with Gasteiger partial charge >= 0.3 is 0 Å². The van der Waals surface area contributed by atoms with E-state index in [1.165, 1.54) is 0 Å². The molecule has 4 aromatic rings. The molecule has 190 valence electrons. The lowest BCUT2D eigenvalue weighted by molar-refractivity contribution is -0.991. The SMILES string of the molecule is COc1ccc(C2=NN(C3N=c4ccccc4=C(c4ccccc4)N3)C(c3cccc([NH+]([O-])O)c3)C2)cc1. The van der Waals surface area contributed by atoms with Gasteiger partial charge in [0.15, 0.2) is 5.69 Å². The molecule has 3 N–H and O–H groups in total. The highest BCUT2D eigenvalue weighted by atomic mass is 16.8. The van der Waals surface area contributed by atoms with E-state index in [1.54, 1.807) is 25.3 Å². The van der Waals surface area contributed by atoms with E-state index >= 15 is 0 Å². The lowest BCUT2D eigenvalue weighted by atomic mass is 9.98. The molecule has 2 heterocycles. The number of fused-ring (bicyclic) bond motifs is 1. The van der Waals surface area contributed by atoms with Crippen molar-refractivity contribution >= 4 is 17.1 Å². The highest BCUT2D eigenvalue weighted by Crippen LogP contribution is 2.35. The second-order valence-corrected chi connectivity index (χ2v) is 9.21. The normalized spacial score (nSPS) is 19.2. The van der Waals surface area contributed by atoms with Crippen LogP contribution in [-0.2, 0) is 0 Å². The van der Waals surface area contributed by atoms with Gasteiger partial charge in [0, 0.05) is 23.8 Å². The van der Waals surface area contributed by atoms with E-state index in [0.717, 1.165) is 44.4 Å². The number of quaternary nitrogens is 1. The number of nitrogens with zero attached hydrogens (tertiary/aromatic N) is 3. The number of hydrazone groups is 1. The average Bonchev–Trinajstić information content (AvgIpc) is 3.43. The summed E-state index contributed by atoms with van der Waals surface area (Å²) in [5, 5.41) is 33.0. The molecule has 0 fully saturated rings. The van der Waals surface area contributed by atoms with Crippen LogP contribution in [0.4, 0.5) is 5.69 Å². The summed E-state index contributed by atoms with van der Waals surface area (Å²) in [5.41, 5.74) is 5.03. The summed E-state index contributed by atoms with van der Waals surface area (Å²) in [6, 6.07) is 32.9. The summed E-state index contributed by atoms with van der Waals surface area (Å²) < 4.78 is 5.33. The third-order valence-corrected chi connectivity index (χ3v) is 6.91. The van der Waals surface area contributed by atoms with E-state index < -0.39 is 11.5 Å². The molecular formula is C30H27N5O3. The fourth-order valence-electron chi connectivity index (χ4n) is 5.00. The monoisotopic (exact) mass is 505 g/mol. The van der Waals surface area contributed by atoms with E-state index in [-0.39, 0.29) is 11.7 Å². The summed E-state index contributed by atoms with van der Waals surface area (Å²) >= 11 is 0. The van der Waals surface area contributed by atoms with Crippen molar-refractivity contribution in [3.8, 4) is 5.75 Å². The molecule has 2 aliphatic rings. The Morgan fingerprint density at radius 3 is 2.45 bits per heavy atom. The highest BCUT2D eigenvalue weighted by molar-refractivity contribution is 6.02. The Kier molecular flexibility index (Phi) is 6.35. The van der Waals surface area contributed by atoms with Crippen LogP contribution in [0.15, 0.2) is 113 Å². The molecule has 0 saturated heterocycles. The van der Waals surface area contributed by atoms with E-state index in [0.29, 0.717) is 6.42 Å². The third-order valence-electron chi connectivity index (χ3n) is 6.91. The zero-order valence-electron chi connectivity index (χ0n) is 20.8. The first kappa shape index (κ1) is 23.9. The van der Waals surface area contributed by atoms with Gasteiger partial charge in [-0.2, -0.15) is 10.3 Å². The Morgan fingerprint density at radius 1 is 0.921 bits per heavy atom. The number of para-hydroxylation sites is 1. The molecule has 3 atom stereocenters. The number of ether oxygens (including phenoxy) is 1. The Hall–Kier alpha value is -4.50. The number of hydrogen-bond donors (Lipinski definition) is 3. The lowest BCUT2D eigenvalue weighted by Crippen LogP contribution is -2.99. The molecule has 2 aliphatic heterocycles. The van der Waals surface area contributed by atoms with Crippen molar-refractivity contribution in [3.63, 3.8) is 0 Å². The minimum atomic E-state index is -0.957. The molecule has 0 bridgehead atoms. The summed E-state index contributed by atoms with van der Waals surface area (Å²) in [7, 11) is 1.64. The fraction of sp³-hybridized carbons (Fsp3) is 0.133. The second kappa shape index (κ2) is 10.1. The van der Waals surface area contributed by atoms with E-state index in [4.69, 9.17) is 14.8 Å². The van der Waals surface area contributed by atoms with Gasteiger partial charge in [0.2, 0.25) is 6.29 Å². The molecule has 0 spiro atoms. The molecule has 6 rings (SSSR count). The molecule has 38 heavy (non-hydrogen) atoms. The Bertz CT molecular complexity index is 1600. The van der Waals surface area contributed by atoms with Gasteiger partial charge in [0.1, 0.15) is 5.75 Å². The van der Waals surface area contributed by atoms with Crippen LogP contribution in [0.5, 0.6) is 5.75 Å². The number of benzene rings is 4. The largest absolute Gasteiger partial charge is 0.595 e. The van der Waals surface area contributed by atoms with Gasteiger partial charge in [-0.3, -0.25) is 0 Å². The number of methoxy groups -OCH3 is 1. The smallest absolute Gasteiger partial charge is 0.212 e. The summed E-state index contributed by atoms with van der Waals surface area (Å²) in [4.78, 5) is 5.04. The lowest BCUT2D eigenvalue weighted by Gasteiger charge is -2.33. The summed E-state index contributed by atoms with van der Waals surface area (Å²) in [6.45, 7) is 0. The third kappa shape index (κ3) is 4.52. The van der Waals surface area contributed by atoms with Crippen molar-refractivity contribution in [2.75, 3.05) is 7.11 Å². The summed E-state index contributed by atoms with van der Waals surface area (Å²) in [5.74, 6) is 0.776. The van der Waals surface area contributed by atoms with Crippen LogP contribution in [0.2, 0.25) is 0 Å². The van der Waals surface area contributed by atoms with Crippen molar-refractivity contribution < 1.29 is 15.2 Å². The van der Waals surface area contributed by atoms with Gasteiger partial charge in [-0.05, 0) is 47.0 Å². The molecule has 8 nitrogen and oxygen atoms in total. The molecule has 8 heteroatoms. The molecular weight excluding hydrogens is 478 g/mol. The molecule has 0 amide bonds. The second-order valence-electron chi connectivity index (χ2n) is 9.21. The standard InChI is InChI=1S/C30H27N5O3/c1-38-24-16-14-20(15-17-24)27-19-28(22-10-7-11-23(18-22)35(36)37)34(33-27)30-31-26-13-6-5-12-25(26)29(32-30)21-8-3-2-4-9-21/h2-18,28,30,32,35-36H,19H2,1H3. The zero-order valence-corrected chi connectivity index (χ0v) is 20.8. The van der Waals surface area contributed by atoms with Gasteiger partial charge < -0.3 is 15.3 Å². The minimum Gasteiger partial charge on any atom is -0.595 e. The van der Waals surface area contributed by atoms with Crippen molar-refractivity contribution in [2.45, 2.75) is 18.8 Å². The van der Waals surface area contributed by atoms with Crippen LogP contribution in [0.3, 0.4) is 0 Å². The minimum absolute atomic E-state index is 0.213. The van der Waals surface area contributed by atoms with Gasteiger partial charge in [0.25, 0.3) is 0 Å². The van der Waals surface area contributed by atoms with Gasteiger partial charge in [0.05, 0.1) is 29.9 Å². The predicted molar refractivity (Wildman–Crippen MR) is 144 cm³/mol. The van der Waals surface area contributed by atoms with Crippen molar-refractivity contribution in [3.05, 3.63) is 136 Å². The highest BCUT2D eigenvalue weighted by Gasteiger charge is 2.35. The van der Waals surface area contributed by atoms with Crippen LogP contribution in [0.1, 0.15) is 29.2 Å². The maximum absolute atomic E-state index is 11.7. The van der Waals surface area contributed by atoms with E-state index in [1.807, 2.05) is 71.7 Å². The Labute approximate surface area is 220 Å². The van der Waals surface area contributed by atoms with Crippen molar-refractivity contribution in [2.24, 2.45) is 10.1 Å². The number of nitrogens with one attached hydrogen (secondary N) is 2. The quantitative estimate of drug-likeness (QED) is 0.350. The molecule has 4 aromatic carbocycles. The average molecular weight is 506 g/mol. The summed E-state index contributed by atoms with van der Waals surface area (Å²) in [6.07, 6.45) is 0.111. The predicted octanol–water partition coefficient (Wildman–Crippen LogP) is 2.61.